The molecule has 1 heterocycles. The van der Waals surface area contributed by atoms with Gasteiger partial charge in [-0.15, -0.1) is 22.9 Å². The smallest absolute Gasteiger partial charge is 0.237 e. The van der Waals surface area contributed by atoms with E-state index in [9.17, 15) is 4.79 Å². The van der Waals surface area contributed by atoms with Crippen LogP contribution in [-0.4, -0.2) is 23.2 Å². The summed E-state index contributed by atoms with van der Waals surface area (Å²) in [5, 5.41) is 2.06. The van der Waals surface area contributed by atoms with Crippen molar-refractivity contribution in [3.63, 3.8) is 0 Å². The van der Waals surface area contributed by atoms with Gasteiger partial charge in [-0.05, 0) is 23.4 Å². The summed E-state index contributed by atoms with van der Waals surface area (Å²) < 4.78 is 0. The molecule has 1 amide bonds. The maximum absolute atomic E-state index is 11.9. The molecule has 2 rings (SSSR count). The van der Waals surface area contributed by atoms with E-state index >= 15 is 0 Å². The van der Waals surface area contributed by atoms with Gasteiger partial charge in [0.15, 0.2) is 0 Å². The number of carbonyl (C=O) groups excluding carboxylic acids is 1. The molecule has 1 aromatic carbocycles. The molecule has 0 saturated heterocycles. The molecule has 0 unspecified atom stereocenters. The van der Waals surface area contributed by atoms with Gasteiger partial charge in [0.05, 0.1) is 0 Å². The summed E-state index contributed by atoms with van der Waals surface area (Å²) in [5.41, 5.74) is 1.13. The highest BCUT2D eigenvalue weighted by Gasteiger charge is 2.12. The minimum atomic E-state index is -0.0120. The fourth-order valence-electron chi connectivity index (χ4n) is 1.88. The van der Waals surface area contributed by atoms with Crippen LogP contribution in [0, 0.1) is 0 Å². The molecule has 0 atom stereocenters. The predicted octanol–water partition coefficient (Wildman–Crippen LogP) is 3.56. The van der Waals surface area contributed by atoms with Gasteiger partial charge < -0.3 is 4.90 Å². The van der Waals surface area contributed by atoms with Crippen molar-refractivity contribution in [3.05, 3.63) is 58.3 Å². The molecule has 0 saturated carbocycles. The second kappa shape index (κ2) is 7.31. The average molecular weight is 294 g/mol. The molecule has 2 aromatic rings. The Balaban J connectivity index is 1.97. The summed E-state index contributed by atoms with van der Waals surface area (Å²) >= 11 is 7.40. The Labute approximate surface area is 122 Å². The standard InChI is InChI=1S/C15H16ClNOS/c16-11-15(18)17(9-8-14-7-4-10-19-14)12-13-5-2-1-3-6-13/h1-7,10H,8-9,11-12H2. The van der Waals surface area contributed by atoms with Gasteiger partial charge in [0, 0.05) is 18.0 Å². The molecule has 0 aliphatic carbocycles. The zero-order chi connectivity index (χ0) is 13.5. The highest BCUT2D eigenvalue weighted by Crippen LogP contribution is 2.12. The van der Waals surface area contributed by atoms with Gasteiger partial charge in [-0.25, -0.2) is 0 Å². The summed E-state index contributed by atoms with van der Waals surface area (Å²) in [7, 11) is 0. The van der Waals surface area contributed by atoms with E-state index in [4.69, 9.17) is 11.6 Å². The molecule has 0 N–H and O–H groups in total. The van der Waals surface area contributed by atoms with Gasteiger partial charge in [-0.1, -0.05) is 36.4 Å². The summed E-state index contributed by atoms with van der Waals surface area (Å²) in [6, 6.07) is 14.1. The Bertz CT molecular complexity index is 498. The Kier molecular flexibility index (Phi) is 5.43. The second-order valence-corrected chi connectivity index (χ2v) is 5.56. The van der Waals surface area contributed by atoms with Crippen LogP contribution in [0.4, 0.5) is 0 Å². The number of nitrogens with zero attached hydrogens (tertiary/aromatic N) is 1. The molecule has 1 aromatic heterocycles. The number of benzene rings is 1. The highest BCUT2D eigenvalue weighted by atomic mass is 35.5. The van der Waals surface area contributed by atoms with Crippen LogP contribution < -0.4 is 0 Å². The van der Waals surface area contributed by atoms with Crippen LogP contribution in [0.2, 0.25) is 0 Å². The van der Waals surface area contributed by atoms with Crippen molar-refractivity contribution in [2.24, 2.45) is 0 Å². The van der Waals surface area contributed by atoms with E-state index in [1.807, 2.05) is 41.3 Å². The van der Waals surface area contributed by atoms with Crippen LogP contribution >= 0.6 is 22.9 Å². The first-order valence-corrected chi connectivity index (χ1v) is 7.61. The lowest BCUT2D eigenvalue weighted by Crippen LogP contribution is -2.33. The number of hydrogen-bond acceptors (Lipinski definition) is 2. The van der Waals surface area contributed by atoms with Crippen LogP contribution in [0.5, 0.6) is 0 Å². The zero-order valence-electron chi connectivity index (χ0n) is 10.6. The number of carbonyl (C=O) groups is 1. The Morgan fingerprint density at radius 2 is 1.95 bits per heavy atom. The van der Waals surface area contributed by atoms with Crippen LogP contribution in [0.3, 0.4) is 0 Å². The third-order valence-corrected chi connectivity index (χ3v) is 4.06. The zero-order valence-corrected chi connectivity index (χ0v) is 12.2. The summed E-state index contributed by atoms with van der Waals surface area (Å²) in [5.74, 6) is 0.0270. The van der Waals surface area contributed by atoms with Crippen LogP contribution in [-0.2, 0) is 17.8 Å². The van der Waals surface area contributed by atoms with E-state index < -0.39 is 0 Å². The van der Waals surface area contributed by atoms with Gasteiger partial charge in [0.1, 0.15) is 5.88 Å². The molecule has 19 heavy (non-hydrogen) atoms. The minimum absolute atomic E-state index is 0.0120. The molecule has 0 aliphatic heterocycles. The van der Waals surface area contributed by atoms with Gasteiger partial charge in [0.25, 0.3) is 0 Å². The largest absolute Gasteiger partial charge is 0.337 e. The van der Waals surface area contributed by atoms with Gasteiger partial charge in [-0.2, -0.15) is 0 Å². The first kappa shape index (κ1) is 14.1. The molecule has 0 aliphatic rings. The lowest BCUT2D eigenvalue weighted by Gasteiger charge is -2.21. The van der Waals surface area contributed by atoms with Crippen molar-refractivity contribution in [1.82, 2.24) is 4.90 Å². The normalized spacial score (nSPS) is 10.4. The van der Waals surface area contributed by atoms with Crippen molar-refractivity contribution >= 4 is 28.8 Å². The molecule has 0 fully saturated rings. The van der Waals surface area contributed by atoms with Crippen molar-refractivity contribution in [1.29, 1.82) is 0 Å². The number of thiophene rings is 1. The minimum Gasteiger partial charge on any atom is -0.337 e. The van der Waals surface area contributed by atoms with Crippen LogP contribution in [0.25, 0.3) is 0 Å². The molecule has 100 valence electrons. The van der Waals surface area contributed by atoms with Crippen molar-refractivity contribution in [3.8, 4) is 0 Å². The molecular weight excluding hydrogens is 278 g/mol. The first-order valence-electron chi connectivity index (χ1n) is 6.19. The lowest BCUT2D eigenvalue weighted by atomic mass is 10.2. The van der Waals surface area contributed by atoms with E-state index in [1.165, 1.54) is 4.88 Å². The molecular formula is C15H16ClNOS. The van der Waals surface area contributed by atoms with E-state index in [2.05, 4.69) is 11.4 Å². The van der Waals surface area contributed by atoms with Crippen LogP contribution in [0.15, 0.2) is 47.8 Å². The summed E-state index contributed by atoms with van der Waals surface area (Å²) in [6.07, 6.45) is 0.882. The fourth-order valence-corrected chi connectivity index (χ4v) is 2.75. The Hall–Kier alpha value is -1.32. The number of rotatable bonds is 6. The quantitative estimate of drug-likeness (QED) is 0.746. The van der Waals surface area contributed by atoms with E-state index in [1.54, 1.807) is 11.3 Å². The summed E-state index contributed by atoms with van der Waals surface area (Å²) in [6.45, 7) is 1.33. The van der Waals surface area contributed by atoms with Crippen LogP contribution in [0.1, 0.15) is 10.4 Å². The van der Waals surface area contributed by atoms with Gasteiger partial charge in [0.2, 0.25) is 5.91 Å². The number of halogens is 1. The lowest BCUT2D eigenvalue weighted by molar-refractivity contribution is -0.129. The molecule has 0 bridgehead atoms. The third-order valence-electron chi connectivity index (χ3n) is 2.89. The average Bonchev–Trinajstić information content (AvgIpc) is 2.97. The number of amides is 1. The molecule has 0 spiro atoms. The fraction of sp³-hybridized carbons (Fsp3) is 0.267. The van der Waals surface area contributed by atoms with Crippen molar-refractivity contribution < 1.29 is 4.79 Å². The Morgan fingerprint density at radius 3 is 2.58 bits per heavy atom. The SMILES string of the molecule is O=C(CCl)N(CCc1cccs1)Cc1ccccc1. The second-order valence-electron chi connectivity index (χ2n) is 4.26. The van der Waals surface area contributed by atoms with E-state index in [-0.39, 0.29) is 11.8 Å². The Morgan fingerprint density at radius 1 is 1.16 bits per heavy atom. The predicted molar refractivity (Wildman–Crippen MR) is 80.6 cm³/mol. The highest BCUT2D eigenvalue weighted by molar-refractivity contribution is 7.09. The molecule has 2 nitrogen and oxygen atoms in total. The third kappa shape index (κ3) is 4.37. The number of alkyl halides is 1. The summed E-state index contributed by atoms with van der Waals surface area (Å²) in [4.78, 5) is 15.0. The maximum Gasteiger partial charge on any atom is 0.237 e. The van der Waals surface area contributed by atoms with Gasteiger partial charge >= 0.3 is 0 Å². The number of hydrogen-bond donors (Lipinski definition) is 0. The molecule has 4 heteroatoms. The topological polar surface area (TPSA) is 20.3 Å². The van der Waals surface area contributed by atoms with E-state index in [0.29, 0.717) is 13.1 Å². The monoisotopic (exact) mass is 293 g/mol. The van der Waals surface area contributed by atoms with E-state index in [0.717, 1.165) is 12.0 Å². The van der Waals surface area contributed by atoms with Crippen molar-refractivity contribution in [2.75, 3.05) is 12.4 Å². The first-order chi connectivity index (χ1) is 9.29. The molecule has 0 radical (unpaired) electrons. The maximum atomic E-state index is 11.9. The van der Waals surface area contributed by atoms with Gasteiger partial charge in [-0.3, -0.25) is 4.79 Å². The van der Waals surface area contributed by atoms with Crippen molar-refractivity contribution in [2.45, 2.75) is 13.0 Å².